The maximum Gasteiger partial charge on any atom is 0.416 e. The van der Waals surface area contributed by atoms with Gasteiger partial charge in [-0.25, -0.2) is 9.78 Å². The summed E-state index contributed by atoms with van der Waals surface area (Å²) in [5, 5.41) is 8.28. The highest BCUT2D eigenvalue weighted by Gasteiger charge is 2.31. The van der Waals surface area contributed by atoms with E-state index < -0.39 is 11.7 Å². The van der Waals surface area contributed by atoms with Crippen LogP contribution < -0.4 is 10.2 Å². The van der Waals surface area contributed by atoms with Crippen LogP contribution in [0.5, 0.6) is 0 Å². The van der Waals surface area contributed by atoms with E-state index in [0.29, 0.717) is 23.5 Å². The molecule has 0 bridgehead atoms. The molecule has 6 rings (SSSR count). The molecule has 0 unspecified atom stereocenters. The van der Waals surface area contributed by atoms with Crippen LogP contribution in [-0.2, 0) is 16.1 Å². The van der Waals surface area contributed by atoms with Crippen molar-refractivity contribution in [3.63, 3.8) is 0 Å². The van der Waals surface area contributed by atoms with Crippen LogP contribution in [0.1, 0.15) is 70.4 Å². The van der Waals surface area contributed by atoms with Gasteiger partial charge in [0.2, 0.25) is 5.91 Å². The van der Waals surface area contributed by atoms with Crippen molar-refractivity contribution >= 4 is 29.3 Å². The third kappa shape index (κ3) is 6.85. The molecule has 2 fully saturated rings. The van der Waals surface area contributed by atoms with Gasteiger partial charge in [-0.05, 0) is 76.0 Å². The van der Waals surface area contributed by atoms with Gasteiger partial charge < -0.3 is 15.0 Å². The van der Waals surface area contributed by atoms with E-state index in [4.69, 9.17) is 14.8 Å². The van der Waals surface area contributed by atoms with Gasteiger partial charge in [0.25, 0.3) is 0 Å². The van der Waals surface area contributed by atoms with Gasteiger partial charge >= 0.3 is 6.09 Å². The molecule has 4 heterocycles. The van der Waals surface area contributed by atoms with Crippen molar-refractivity contribution in [2.24, 2.45) is 5.92 Å². The number of likely N-dealkylation sites (tertiary alicyclic amines) is 1. The number of pyridine rings is 1. The van der Waals surface area contributed by atoms with Gasteiger partial charge in [-0.15, -0.1) is 0 Å². The number of rotatable bonds is 8. The minimum Gasteiger partial charge on any atom is -0.443 e. The number of piperidine rings is 1. The first-order valence-electron chi connectivity index (χ1n) is 15.5. The third-order valence-electron chi connectivity index (χ3n) is 8.27. The van der Waals surface area contributed by atoms with Crippen LogP contribution in [0.4, 0.5) is 16.4 Å². The number of benzene rings is 1. The van der Waals surface area contributed by atoms with Crippen LogP contribution >= 0.6 is 0 Å². The van der Waals surface area contributed by atoms with Crippen LogP contribution in [0.25, 0.3) is 16.9 Å². The quantitative estimate of drug-likeness (QED) is 0.256. The van der Waals surface area contributed by atoms with Gasteiger partial charge in [0, 0.05) is 49.9 Å². The molecule has 1 saturated carbocycles. The molecule has 1 aliphatic carbocycles. The average Bonchev–Trinajstić information content (AvgIpc) is 3.77. The van der Waals surface area contributed by atoms with Crippen LogP contribution in [-0.4, -0.2) is 61.7 Å². The zero-order valence-corrected chi connectivity index (χ0v) is 26.0. The first kappa shape index (κ1) is 29.6. The van der Waals surface area contributed by atoms with Crippen LogP contribution in [0.2, 0.25) is 0 Å². The average molecular weight is 596 g/mol. The Morgan fingerprint density at radius 3 is 2.43 bits per heavy atom. The molecule has 1 N–H and O–H groups in total. The molecule has 1 aromatic carbocycles. The fourth-order valence-electron chi connectivity index (χ4n) is 5.68. The number of carbonyl (C=O) groups is 2. The summed E-state index contributed by atoms with van der Waals surface area (Å²) in [6, 6.07) is 15.8. The highest BCUT2D eigenvalue weighted by molar-refractivity contribution is 5.88. The number of aromatic nitrogens is 4. The number of hydrogen-bond acceptors (Lipinski definition) is 7. The molecule has 44 heavy (non-hydrogen) atoms. The Bertz CT molecular complexity index is 1620. The highest BCUT2D eigenvalue weighted by atomic mass is 16.6. The molecule has 0 spiro atoms. The highest BCUT2D eigenvalue weighted by Crippen LogP contribution is 2.42. The minimum atomic E-state index is -0.677. The maximum atomic E-state index is 13.8. The Morgan fingerprint density at radius 1 is 1.05 bits per heavy atom. The molecule has 0 atom stereocenters. The fraction of sp³-hybridized carbons (Fsp3) is 0.441. The van der Waals surface area contributed by atoms with E-state index in [1.54, 1.807) is 22.5 Å². The molecule has 10 heteroatoms. The van der Waals surface area contributed by atoms with Gasteiger partial charge in [0.1, 0.15) is 17.2 Å². The number of amides is 2. The third-order valence-corrected chi connectivity index (χ3v) is 8.27. The van der Waals surface area contributed by atoms with Crippen molar-refractivity contribution in [3.05, 3.63) is 72.1 Å². The van der Waals surface area contributed by atoms with Crippen molar-refractivity contribution in [1.82, 2.24) is 24.5 Å². The van der Waals surface area contributed by atoms with Gasteiger partial charge in [0.15, 0.2) is 5.65 Å². The lowest BCUT2D eigenvalue weighted by Gasteiger charge is -2.31. The molecular formula is C34H41N7O3. The molecule has 4 aromatic rings. The summed E-state index contributed by atoms with van der Waals surface area (Å²) >= 11 is 0. The molecule has 2 aliphatic rings. The zero-order valence-electron chi connectivity index (χ0n) is 26.0. The summed E-state index contributed by atoms with van der Waals surface area (Å²) in [7, 11) is 0. The summed E-state index contributed by atoms with van der Waals surface area (Å²) < 4.78 is 7.70. The Morgan fingerprint density at radius 2 is 1.80 bits per heavy atom. The van der Waals surface area contributed by atoms with Gasteiger partial charge in [-0.2, -0.15) is 9.61 Å². The number of carbonyl (C=O) groups excluding carboxylic acids is 2. The largest absolute Gasteiger partial charge is 0.443 e. The van der Waals surface area contributed by atoms with Crippen LogP contribution in [0.15, 0.2) is 60.9 Å². The maximum absolute atomic E-state index is 13.8. The SMILES string of the molecule is CC(=O)N1CCC(CNc2cc(N(Cc3ccc(-c4ccccn4)cc3)C(=O)OC(C)(C)C)n3ncc(C4CC4)c3n2)CC1. The van der Waals surface area contributed by atoms with Crippen molar-refractivity contribution in [2.75, 3.05) is 29.9 Å². The molecule has 0 radical (unpaired) electrons. The standard InChI is InChI=1S/C34H41N7O3/c1-23(42)39-17-14-24(15-18-39)20-36-30-19-31(41-32(38-30)28(21-37-41)26-12-13-26)40(33(43)44-34(2,3)4)22-25-8-10-27(11-9-25)29-7-5-6-16-35-29/h5-11,16,19,21,24,26H,12-15,17-18,20,22H2,1-4H3,(H,36,38). The molecule has 1 saturated heterocycles. The van der Waals surface area contributed by atoms with E-state index in [2.05, 4.69) is 10.3 Å². The summed E-state index contributed by atoms with van der Waals surface area (Å²) in [4.78, 5) is 38.6. The monoisotopic (exact) mass is 595 g/mol. The first-order chi connectivity index (χ1) is 21.1. The first-order valence-corrected chi connectivity index (χ1v) is 15.5. The Labute approximate surface area is 258 Å². The van der Waals surface area contributed by atoms with E-state index in [0.717, 1.165) is 73.3 Å². The van der Waals surface area contributed by atoms with E-state index >= 15 is 0 Å². The Kier molecular flexibility index (Phi) is 8.25. The van der Waals surface area contributed by atoms with Crippen LogP contribution in [0, 0.1) is 5.92 Å². The van der Waals surface area contributed by atoms with Gasteiger partial charge in [0.05, 0.1) is 18.4 Å². The van der Waals surface area contributed by atoms with Crippen molar-refractivity contribution < 1.29 is 14.3 Å². The Hall–Kier alpha value is -4.47. The van der Waals surface area contributed by atoms with E-state index in [1.807, 2.05) is 80.4 Å². The smallest absolute Gasteiger partial charge is 0.416 e. The predicted molar refractivity (Wildman–Crippen MR) is 171 cm³/mol. The lowest BCUT2D eigenvalue weighted by molar-refractivity contribution is -0.130. The topological polar surface area (TPSA) is 105 Å². The van der Waals surface area contributed by atoms with Crippen molar-refractivity contribution in [2.45, 2.75) is 71.4 Å². The van der Waals surface area contributed by atoms with E-state index in [-0.39, 0.29) is 12.5 Å². The second kappa shape index (κ2) is 12.3. The zero-order chi connectivity index (χ0) is 30.8. The Balaban J connectivity index is 1.32. The summed E-state index contributed by atoms with van der Waals surface area (Å²) in [6.07, 6.45) is 7.33. The predicted octanol–water partition coefficient (Wildman–Crippen LogP) is 6.28. The number of nitrogens with one attached hydrogen (secondary N) is 1. The lowest BCUT2D eigenvalue weighted by Crippen LogP contribution is -2.38. The number of hydrogen-bond donors (Lipinski definition) is 1. The number of nitrogens with zero attached hydrogens (tertiary/aromatic N) is 6. The number of fused-ring (bicyclic) bond motifs is 1. The molecule has 10 nitrogen and oxygen atoms in total. The molecule has 2 amide bonds. The van der Waals surface area contributed by atoms with Crippen molar-refractivity contribution in [3.8, 4) is 11.3 Å². The summed E-state index contributed by atoms with van der Waals surface area (Å²) in [6.45, 7) is 9.83. The number of anilines is 2. The normalized spacial score (nSPS) is 15.8. The van der Waals surface area contributed by atoms with E-state index in [9.17, 15) is 9.59 Å². The molecule has 1 aliphatic heterocycles. The van der Waals surface area contributed by atoms with Crippen LogP contribution in [0.3, 0.4) is 0 Å². The lowest BCUT2D eigenvalue weighted by atomic mass is 9.97. The molecule has 3 aromatic heterocycles. The van der Waals surface area contributed by atoms with E-state index in [1.165, 1.54) is 0 Å². The second-order valence-corrected chi connectivity index (χ2v) is 12.9. The molecular weight excluding hydrogens is 554 g/mol. The van der Waals surface area contributed by atoms with Gasteiger partial charge in [-0.3, -0.25) is 14.7 Å². The minimum absolute atomic E-state index is 0.134. The van der Waals surface area contributed by atoms with Gasteiger partial charge in [-0.1, -0.05) is 30.3 Å². The molecule has 230 valence electrons. The van der Waals surface area contributed by atoms with Crippen molar-refractivity contribution in [1.29, 1.82) is 0 Å². The summed E-state index contributed by atoms with van der Waals surface area (Å²) in [5.74, 6) is 2.30. The second-order valence-electron chi connectivity index (χ2n) is 12.9. The summed E-state index contributed by atoms with van der Waals surface area (Å²) in [5.41, 5.74) is 4.04. The fourth-order valence-corrected chi connectivity index (χ4v) is 5.68. The number of ether oxygens (including phenoxy) is 1.